The van der Waals surface area contributed by atoms with Crippen LogP contribution in [0.3, 0.4) is 0 Å². The molecular weight excluding hydrogens is 262 g/mol. The lowest BCUT2D eigenvalue weighted by atomic mass is 10.2. The Labute approximate surface area is 117 Å². The number of carbonyl (C=O) groups is 2. The van der Waals surface area contributed by atoms with E-state index in [0.717, 1.165) is 12.1 Å². The Morgan fingerprint density at radius 2 is 1.85 bits per heavy atom. The van der Waals surface area contributed by atoms with Gasteiger partial charge in [0.2, 0.25) is 0 Å². The molecule has 20 heavy (non-hydrogen) atoms. The van der Waals surface area contributed by atoms with Gasteiger partial charge in [-0.05, 0) is 25.0 Å². The molecule has 0 heterocycles. The zero-order valence-corrected chi connectivity index (χ0v) is 11.1. The van der Waals surface area contributed by atoms with Gasteiger partial charge in [0.1, 0.15) is 0 Å². The second-order valence-electron chi connectivity index (χ2n) is 4.10. The van der Waals surface area contributed by atoms with Crippen LogP contribution < -0.4 is 16.3 Å². The normalized spacial score (nSPS) is 9.80. The lowest BCUT2D eigenvalue weighted by Crippen LogP contribution is -2.39. The quantitative estimate of drug-likeness (QED) is 0.409. The minimum Gasteiger partial charge on any atom is -0.481 e. The van der Waals surface area contributed by atoms with E-state index in [1.165, 1.54) is 0 Å². The van der Waals surface area contributed by atoms with Crippen molar-refractivity contribution in [2.24, 2.45) is 0 Å². The molecule has 7 nitrogen and oxygen atoms in total. The summed E-state index contributed by atoms with van der Waals surface area (Å²) in [5.74, 6) is -0.796. The fourth-order valence-electron chi connectivity index (χ4n) is 1.42. The summed E-state index contributed by atoms with van der Waals surface area (Å²) < 4.78 is 0. The van der Waals surface area contributed by atoms with Gasteiger partial charge in [-0.15, -0.1) is 0 Å². The van der Waals surface area contributed by atoms with Gasteiger partial charge in [-0.25, -0.2) is 15.7 Å². The highest BCUT2D eigenvalue weighted by Crippen LogP contribution is 2.02. The number of anilines is 1. The first kappa shape index (κ1) is 15.8. The van der Waals surface area contributed by atoms with Crippen molar-refractivity contribution in [1.29, 1.82) is 0 Å². The van der Waals surface area contributed by atoms with Gasteiger partial charge in [-0.2, -0.15) is 0 Å². The molecule has 0 fully saturated rings. The highest BCUT2D eigenvalue weighted by Gasteiger charge is 2.00. The molecule has 0 unspecified atom stereocenters. The molecule has 7 heteroatoms. The summed E-state index contributed by atoms with van der Waals surface area (Å²) in [4.78, 5) is 26.5. The Balaban J connectivity index is 1.96. The monoisotopic (exact) mass is 281 g/mol. The number of nitrogens with one attached hydrogen (secondary N) is 3. The van der Waals surface area contributed by atoms with Crippen LogP contribution >= 0.6 is 0 Å². The third kappa shape index (κ3) is 7.93. The van der Waals surface area contributed by atoms with Crippen molar-refractivity contribution in [3.05, 3.63) is 30.3 Å². The molecule has 0 bridgehead atoms. The van der Waals surface area contributed by atoms with E-state index in [0.29, 0.717) is 19.4 Å². The second kappa shape index (κ2) is 9.62. The number of rotatable bonds is 9. The SMILES string of the molecule is O=C(O)CCCCCONC(=O)NNc1ccccc1. The van der Waals surface area contributed by atoms with Crippen LogP contribution in [0.2, 0.25) is 0 Å². The largest absolute Gasteiger partial charge is 0.481 e. The molecule has 1 aromatic rings. The number of hydrazine groups is 1. The summed E-state index contributed by atoms with van der Waals surface area (Å²) in [6, 6.07) is 8.68. The molecule has 0 aromatic heterocycles. The first-order valence-electron chi connectivity index (χ1n) is 6.39. The summed E-state index contributed by atoms with van der Waals surface area (Å²) >= 11 is 0. The topological polar surface area (TPSA) is 99.7 Å². The number of carboxylic acid groups (broad SMARTS) is 1. The smallest absolute Gasteiger partial charge is 0.357 e. The van der Waals surface area contributed by atoms with Crippen molar-refractivity contribution in [2.75, 3.05) is 12.0 Å². The van der Waals surface area contributed by atoms with Gasteiger partial charge >= 0.3 is 12.0 Å². The molecule has 0 spiro atoms. The molecule has 0 aliphatic carbocycles. The molecule has 0 radical (unpaired) electrons. The minimum atomic E-state index is -0.796. The summed E-state index contributed by atoms with van der Waals surface area (Å²) in [5.41, 5.74) is 8.11. The van der Waals surface area contributed by atoms with Crippen molar-refractivity contribution < 1.29 is 19.5 Å². The van der Waals surface area contributed by atoms with Crippen LogP contribution in [0.1, 0.15) is 25.7 Å². The summed E-state index contributed by atoms with van der Waals surface area (Å²) in [6.07, 6.45) is 2.22. The van der Waals surface area contributed by atoms with Crippen molar-refractivity contribution in [1.82, 2.24) is 10.9 Å². The predicted octanol–water partition coefficient (Wildman–Crippen LogP) is 1.89. The number of para-hydroxylation sites is 1. The van der Waals surface area contributed by atoms with E-state index >= 15 is 0 Å². The Hall–Kier alpha value is -2.28. The van der Waals surface area contributed by atoms with Gasteiger partial charge in [0.15, 0.2) is 0 Å². The number of unbranched alkanes of at least 4 members (excludes halogenated alkanes) is 2. The van der Waals surface area contributed by atoms with Crippen molar-refractivity contribution in [3.8, 4) is 0 Å². The molecule has 4 N–H and O–H groups in total. The molecular formula is C13H19N3O4. The Morgan fingerprint density at radius 3 is 2.55 bits per heavy atom. The number of amides is 2. The van der Waals surface area contributed by atoms with Crippen LogP contribution in [0.15, 0.2) is 30.3 Å². The van der Waals surface area contributed by atoms with E-state index in [1.54, 1.807) is 0 Å². The van der Waals surface area contributed by atoms with Crippen LogP contribution in [0.5, 0.6) is 0 Å². The fourth-order valence-corrected chi connectivity index (χ4v) is 1.42. The second-order valence-corrected chi connectivity index (χ2v) is 4.10. The van der Waals surface area contributed by atoms with Gasteiger partial charge in [-0.1, -0.05) is 24.6 Å². The van der Waals surface area contributed by atoms with Crippen molar-refractivity contribution in [3.63, 3.8) is 0 Å². The Morgan fingerprint density at radius 1 is 1.10 bits per heavy atom. The highest BCUT2D eigenvalue weighted by atomic mass is 16.7. The van der Waals surface area contributed by atoms with Gasteiger partial charge < -0.3 is 5.11 Å². The third-order valence-electron chi connectivity index (χ3n) is 2.40. The number of hydrogen-bond donors (Lipinski definition) is 4. The predicted molar refractivity (Wildman–Crippen MR) is 73.8 cm³/mol. The molecule has 0 saturated carbocycles. The summed E-state index contributed by atoms with van der Waals surface area (Å²) in [5, 5.41) is 8.44. The molecule has 1 aromatic carbocycles. The maximum atomic E-state index is 11.3. The Kier molecular flexibility index (Phi) is 7.59. The number of carboxylic acids is 1. The number of hydrogen-bond acceptors (Lipinski definition) is 4. The van der Waals surface area contributed by atoms with E-state index in [9.17, 15) is 9.59 Å². The van der Waals surface area contributed by atoms with Gasteiger partial charge in [0.25, 0.3) is 0 Å². The number of aliphatic carboxylic acids is 1. The first-order chi connectivity index (χ1) is 9.68. The van der Waals surface area contributed by atoms with Crippen molar-refractivity contribution in [2.45, 2.75) is 25.7 Å². The minimum absolute atomic E-state index is 0.162. The van der Waals surface area contributed by atoms with Crippen LogP contribution in [-0.2, 0) is 9.63 Å². The molecule has 0 aliphatic rings. The number of benzene rings is 1. The van der Waals surface area contributed by atoms with Crippen LogP contribution in [-0.4, -0.2) is 23.7 Å². The maximum absolute atomic E-state index is 11.3. The lowest BCUT2D eigenvalue weighted by Gasteiger charge is -2.09. The maximum Gasteiger partial charge on any atom is 0.357 e. The van der Waals surface area contributed by atoms with Gasteiger partial charge in [0.05, 0.1) is 12.3 Å². The van der Waals surface area contributed by atoms with Crippen molar-refractivity contribution >= 4 is 17.7 Å². The van der Waals surface area contributed by atoms with Gasteiger partial charge in [-0.3, -0.25) is 15.1 Å². The molecule has 1 rings (SSSR count). The zero-order chi connectivity index (χ0) is 14.6. The summed E-state index contributed by atoms with van der Waals surface area (Å²) in [7, 11) is 0. The lowest BCUT2D eigenvalue weighted by molar-refractivity contribution is -0.137. The van der Waals surface area contributed by atoms with Crippen LogP contribution in [0, 0.1) is 0 Å². The molecule has 2 amide bonds. The fraction of sp³-hybridized carbons (Fsp3) is 0.385. The van der Waals surface area contributed by atoms with E-state index in [1.807, 2.05) is 30.3 Å². The van der Waals surface area contributed by atoms with Crippen LogP contribution in [0.25, 0.3) is 0 Å². The zero-order valence-electron chi connectivity index (χ0n) is 11.1. The number of hydroxylamine groups is 1. The molecule has 110 valence electrons. The van der Waals surface area contributed by atoms with E-state index < -0.39 is 12.0 Å². The van der Waals surface area contributed by atoms with E-state index in [4.69, 9.17) is 9.94 Å². The third-order valence-corrected chi connectivity index (χ3v) is 2.40. The molecule has 0 aliphatic heterocycles. The highest BCUT2D eigenvalue weighted by molar-refractivity contribution is 5.74. The number of carbonyl (C=O) groups excluding carboxylic acids is 1. The standard InChI is InChI=1S/C13H19N3O4/c17-12(18)9-5-2-6-10-20-16-13(19)15-14-11-7-3-1-4-8-11/h1,3-4,7-8,14H,2,5-6,9-10H2,(H,17,18)(H2,15,16,19). The number of urea groups is 1. The van der Waals surface area contributed by atoms with E-state index in [-0.39, 0.29) is 6.42 Å². The van der Waals surface area contributed by atoms with E-state index in [2.05, 4.69) is 16.3 Å². The Bertz CT molecular complexity index is 411. The first-order valence-corrected chi connectivity index (χ1v) is 6.39. The van der Waals surface area contributed by atoms with Crippen LogP contribution in [0.4, 0.5) is 10.5 Å². The molecule has 0 atom stereocenters. The average molecular weight is 281 g/mol. The summed E-state index contributed by atoms with van der Waals surface area (Å²) in [6.45, 7) is 0.346. The average Bonchev–Trinajstić information content (AvgIpc) is 2.45. The molecule has 0 saturated heterocycles. The van der Waals surface area contributed by atoms with Gasteiger partial charge in [0, 0.05) is 6.42 Å².